The van der Waals surface area contributed by atoms with Gasteiger partial charge in [0.2, 0.25) is 0 Å². The van der Waals surface area contributed by atoms with E-state index < -0.39 is 0 Å². The fourth-order valence-corrected chi connectivity index (χ4v) is 3.82. The fourth-order valence-electron chi connectivity index (χ4n) is 2.93. The highest BCUT2D eigenvalue weighted by molar-refractivity contribution is 7.22. The van der Waals surface area contributed by atoms with Crippen molar-refractivity contribution in [1.29, 1.82) is 0 Å². The average molecular weight is 453 g/mol. The molecule has 0 aliphatic heterocycles. The van der Waals surface area contributed by atoms with E-state index >= 15 is 0 Å². The normalized spacial score (nSPS) is 13.6. The largest absolute Gasteiger partial charge is 0.463 e. The molecule has 9 heteroatoms. The van der Waals surface area contributed by atoms with Gasteiger partial charge in [-0.05, 0) is 42.7 Å². The Morgan fingerprint density at radius 3 is 2.41 bits per heavy atom. The number of hydrogen-bond donors (Lipinski definition) is 1. The lowest BCUT2D eigenvalue weighted by atomic mass is 10.1. The molecule has 0 bridgehead atoms. The molecule has 2 aromatic heterocycles. The van der Waals surface area contributed by atoms with Crippen LogP contribution in [0.1, 0.15) is 19.8 Å². The maximum absolute atomic E-state index is 9.85. The van der Waals surface area contributed by atoms with Crippen LogP contribution in [-0.4, -0.2) is 28.0 Å². The van der Waals surface area contributed by atoms with Crippen LogP contribution in [0.25, 0.3) is 21.3 Å². The van der Waals surface area contributed by atoms with Gasteiger partial charge in [-0.1, -0.05) is 42.5 Å². The number of thiazole rings is 1. The van der Waals surface area contributed by atoms with Gasteiger partial charge in [-0.25, -0.2) is 15.0 Å². The Morgan fingerprint density at radius 1 is 1.09 bits per heavy atom. The van der Waals surface area contributed by atoms with Gasteiger partial charge in [-0.3, -0.25) is 9.74 Å². The van der Waals surface area contributed by atoms with E-state index in [0.29, 0.717) is 18.0 Å². The molecular formula is C23H21FN4O3S. The molecule has 1 saturated carbocycles. The van der Waals surface area contributed by atoms with Crippen molar-refractivity contribution in [1.82, 2.24) is 15.0 Å². The zero-order chi connectivity index (χ0) is 22.4. The summed E-state index contributed by atoms with van der Waals surface area (Å²) in [5.41, 5.74) is 4.38. The molecule has 1 aliphatic rings. The van der Waals surface area contributed by atoms with Crippen LogP contribution in [0.5, 0.6) is 6.01 Å². The third-order valence-corrected chi connectivity index (χ3v) is 6.03. The summed E-state index contributed by atoms with van der Waals surface area (Å²) in [6, 6.07) is 16.8. The number of carbonyl (C=O) groups excluding carboxylic acids is 1. The van der Waals surface area contributed by atoms with E-state index in [2.05, 4.69) is 50.3 Å². The first-order valence-electron chi connectivity index (χ1n) is 9.97. The number of para-hydroxylation sites is 1. The number of nitrogens with zero attached hydrogens (tertiary/aromatic N) is 3. The quantitative estimate of drug-likeness (QED) is 0.359. The Kier molecular flexibility index (Phi) is 6.55. The molecule has 1 fully saturated rings. The fraction of sp³-hybridized carbons (Fsp3) is 0.217. The summed E-state index contributed by atoms with van der Waals surface area (Å²) in [6.45, 7) is 2.63. The number of rotatable bonds is 7. The predicted molar refractivity (Wildman–Crippen MR) is 121 cm³/mol. The molecule has 164 valence electrons. The molecule has 0 unspecified atom stereocenters. The summed E-state index contributed by atoms with van der Waals surface area (Å²) in [7, 11) is 0. The van der Waals surface area contributed by atoms with Gasteiger partial charge in [0.05, 0.1) is 16.8 Å². The second-order valence-corrected chi connectivity index (χ2v) is 8.76. The number of anilines is 2. The molecule has 2 heterocycles. The van der Waals surface area contributed by atoms with Gasteiger partial charge in [-0.15, -0.1) is 0 Å². The van der Waals surface area contributed by atoms with E-state index in [1.807, 2.05) is 42.7 Å². The third-order valence-electron chi connectivity index (χ3n) is 5.08. The van der Waals surface area contributed by atoms with Gasteiger partial charge in [0.1, 0.15) is 0 Å². The zero-order valence-corrected chi connectivity index (χ0v) is 18.1. The first kappa shape index (κ1) is 21.6. The second kappa shape index (κ2) is 9.69. The Balaban J connectivity index is 0.000000567. The van der Waals surface area contributed by atoms with Crippen LogP contribution in [0.3, 0.4) is 0 Å². The topological polar surface area (TPSA) is 86.2 Å². The minimum Gasteiger partial charge on any atom is -0.463 e. The van der Waals surface area contributed by atoms with Crippen LogP contribution in [0.15, 0.2) is 60.9 Å². The number of hydrogen-bond acceptors (Lipinski definition) is 8. The minimum absolute atomic E-state index is 0.292. The standard InChI is InChI=1S/C22H20N4OS.CHFO2/c1-22(10-11-22)14-27-20-23-12-16(13-24-20)15-6-8-17(9-7-15)25-21-26-18-4-2-3-5-19(18)28-21;2-4-1-3/h2-9,12-13H,10-11,14H2,1H3,(H,25,26);1H. The first-order chi connectivity index (χ1) is 15.6. The molecule has 0 radical (unpaired) electrons. The van der Waals surface area contributed by atoms with Crippen molar-refractivity contribution in [2.24, 2.45) is 5.41 Å². The number of fused-ring (bicyclic) bond motifs is 1. The van der Waals surface area contributed by atoms with Crippen molar-refractivity contribution in [3.8, 4) is 17.1 Å². The highest BCUT2D eigenvalue weighted by atomic mass is 32.1. The van der Waals surface area contributed by atoms with Crippen molar-refractivity contribution in [2.75, 3.05) is 11.9 Å². The molecule has 0 atom stereocenters. The van der Waals surface area contributed by atoms with E-state index in [4.69, 9.17) is 9.53 Å². The number of benzene rings is 2. The lowest BCUT2D eigenvalue weighted by molar-refractivity contribution is -0.165. The van der Waals surface area contributed by atoms with Crippen molar-refractivity contribution in [3.63, 3.8) is 0 Å². The maximum atomic E-state index is 9.85. The average Bonchev–Trinajstić information content (AvgIpc) is 3.43. The van der Waals surface area contributed by atoms with Gasteiger partial charge in [0.15, 0.2) is 5.13 Å². The molecular weight excluding hydrogens is 431 g/mol. The molecule has 0 amide bonds. The Labute approximate surface area is 188 Å². The number of carbonyl (C=O) groups is 1. The Bertz CT molecular complexity index is 1150. The number of aromatic nitrogens is 3. The monoisotopic (exact) mass is 452 g/mol. The maximum Gasteiger partial charge on any atom is 0.337 e. The highest BCUT2D eigenvalue weighted by Crippen LogP contribution is 2.44. The molecule has 0 spiro atoms. The number of nitrogens with one attached hydrogen (secondary N) is 1. The van der Waals surface area contributed by atoms with Gasteiger partial charge >= 0.3 is 12.5 Å². The van der Waals surface area contributed by atoms with Crippen LogP contribution in [0.2, 0.25) is 0 Å². The first-order valence-corrected chi connectivity index (χ1v) is 10.8. The summed E-state index contributed by atoms with van der Waals surface area (Å²) in [5.74, 6) is 0. The SMILES string of the molecule is CC1(COc2ncc(-c3ccc(Nc4nc5ccccc5s4)cc3)cn2)CC1.O=COF. The van der Waals surface area contributed by atoms with Crippen molar-refractivity contribution < 1.29 is 19.0 Å². The zero-order valence-electron chi connectivity index (χ0n) is 17.3. The molecule has 1 N–H and O–H groups in total. The smallest absolute Gasteiger partial charge is 0.337 e. The summed E-state index contributed by atoms with van der Waals surface area (Å²) >= 11 is 1.65. The molecule has 2 aromatic carbocycles. The number of ether oxygens (including phenoxy) is 1. The Hall–Kier alpha value is -3.59. The number of halogens is 1. The van der Waals surface area contributed by atoms with Crippen LogP contribution in [0.4, 0.5) is 15.3 Å². The van der Waals surface area contributed by atoms with Crippen molar-refractivity contribution >= 4 is 38.8 Å². The van der Waals surface area contributed by atoms with E-state index in [-0.39, 0.29) is 6.47 Å². The minimum atomic E-state index is -0.292. The van der Waals surface area contributed by atoms with Gasteiger partial charge in [-0.2, -0.15) is 0 Å². The van der Waals surface area contributed by atoms with E-state index in [1.165, 1.54) is 17.5 Å². The van der Waals surface area contributed by atoms with Crippen LogP contribution < -0.4 is 10.1 Å². The lowest BCUT2D eigenvalue weighted by Gasteiger charge is -2.09. The van der Waals surface area contributed by atoms with Crippen molar-refractivity contribution in [2.45, 2.75) is 19.8 Å². The third kappa shape index (κ3) is 5.55. The summed E-state index contributed by atoms with van der Waals surface area (Å²) in [5, 5.41) is 4.27. The predicted octanol–water partition coefficient (Wildman–Crippen LogP) is 5.72. The van der Waals surface area contributed by atoms with Gasteiger partial charge < -0.3 is 10.1 Å². The van der Waals surface area contributed by atoms with Crippen LogP contribution in [-0.2, 0) is 9.74 Å². The highest BCUT2D eigenvalue weighted by Gasteiger charge is 2.38. The molecule has 1 aliphatic carbocycles. The van der Waals surface area contributed by atoms with Crippen LogP contribution in [0, 0.1) is 5.41 Å². The van der Waals surface area contributed by atoms with Crippen molar-refractivity contribution in [3.05, 3.63) is 60.9 Å². The molecule has 0 saturated heterocycles. The Morgan fingerprint density at radius 2 is 1.78 bits per heavy atom. The van der Waals surface area contributed by atoms with Crippen LogP contribution >= 0.6 is 11.3 Å². The lowest BCUT2D eigenvalue weighted by Crippen LogP contribution is -2.10. The van der Waals surface area contributed by atoms with Gasteiger partial charge in [0.25, 0.3) is 0 Å². The summed E-state index contributed by atoms with van der Waals surface area (Å²) in [6.07, 6.45) is 6.08. The molecule has 32 heavy (non-hydrogen) atoms. The van der Waals surface area contributed by atoms with E-state index in [9.17, 15) is 4.53 Å². The van der Waals surface area contributed by atoms with Gasteiger partial charge in [0, 0.05) is 33.6 Å². The molecule has 7 nitrogen and oxygen atoms in total. The van der Waals surface area contributed by atoms with E-state index in [0.717, 1.165) is 27.5 Å². The molecule has 4 aromatic rings. The summed E-state index contributed by atoms with van der Waals surface area (Å²) < 4.78 is 16.7. The molecule has 5 rings (SSSR count). The second-order valence-electron chi connectivity index (χ2n) is 7.73. The summed E-state index contributed by atoms with van der Waals surface area (Å²) in [4.78, 5) is 24.2. The van der Waals surface area contributed by atoms with E-state index in [1.54, 1.807) is 11.3 Å².